The van der Waals surface area contributed by atoms with Crippen molar-refractivity contribution in [3.63, 3.8) is 0 Å². The molecular formula is C13H7IO3. The lowest BCUT2D eigenvalue weighted by Gasteiger charge is -2.00. The van der Waals surface area contributed by atoms with Crippen LogP contribution in [0.4, 0.5) is 0 Å². The summed E-state index contributed by atoms with van der Waals surface area (Å²) in [7, 11) is 0. The molecule has 0 spiro atoms. The molecule has 4 heteroatoms. The van der Waals surface area contributed by atoms with Crippen LogP contribution in [0.5, 0.6) is 0 Å². The number of carboxylic acid groups (broad SMARTS) is 1. The Morgan fingerprint density at radius 1 is 1.12 bits per heavy atom. The van der Waals surface area contributed by atoms with Gasteiger partial charge in [-0.2, -0.15) is 0 Å². The van der Waals surface area contributed by atoms with Gasteiger partial charge in [-0.25, -0.2) is 4.79 Å². The maximum atomic E-state index is 11.3. The minimum atomic E-state index is -0.924. The predicted octanol–water partition coefficient (Wildman–Crippen LogP) is 3.89. The van der Waals surface area contributed by atoms with Crippen molar-refractivity contribution in [3.05, 3.63) is 45.5 Å². The number of benzene rings is 2. The van der Waals surface area contributed by atoms with Crippen molar-refractivity contribution in [2.24, 2.45) is 0 Å². The van der Waals surface area contributed by atoms with Crippen LogP contribution in [-0.2, 0) is 0 Å². The lowest BCUT2D eigenvalue weighted by atomic mass is 10.1. The van der Waals surface area contributed by atoms with Gasteiger partial charge in [0.2, 0.25) is 0 Å². The van der Waals surface area contributed by atoms with E-state index in [0.717, 1.165) is 5.39 Å². The number of halogens is 1. The highest BCUT2D eigenvalue weighted by atomic mass is 127. The van der Waals surface area contributed by atoms with Gasteiger partial charge in [-0.15, -0.1) is 0 Å². The number of furan rings is 1. The van der Waals surface area contributed by atoms with E-state index in [0.29, 0.717) is 25.7 Å². The molecule has 0 aliphatic carbocycles. The maximum Gasteiger partial charge on any atom is 0.337 e. The topological polar surface area (TPSA) is 50.4 Å². The Labute approximate surface area is 110 Å². The number of para-hydroxylation sites is 1. The third-order valence-corrected chi connectivity index (χ3v) is 3.61. The maximum absolute atomic E-state index is 11.3. The number of carboxylic acids is 1. The molecule has 0 fully saturated rings. The minimum Gasteiger partial charge on any atom is -0.478 e. The highest BCUT2D eigenvalue weighted by Crippen LogP contribution is 2.33. The van der Waals surface area contributed by atoms with E-state index in [1.165, 1.54) is 0 Å². The third kappa shape index (κ3) is 1.51. The molecule has 0 bridgehead atoms. The summed E-state index contributed by atoms with van der Waals surface area (Å²) in [6.07, 6.45) is 0. The summed E-state index contributed by atoms with van der Waals surface area (Å²) < 4.78 is 6.35. The molecule has 1 aromatic heterocycles. The fourth-order valence-corrected chi connectivity index (χ4v) is 2.68. The number of carbonyl (C=O) groups is 1. The van der Waals surface area contributed by atoms with Crippen molar-refractivity contribution >= 4 is 50.5 Å². The van der Waals surface area contributed by atoms with E-state index in [4.69, 9.17) is 4.42 Å². The quantitative estimate of drug-likeness (QED) is 0.685. The molecule has 1 N–H and O–H groups in total. The average molecular weight is 338 g/mol. The summed E-state index contributed by atoms with van der Waals surface area (Å²) in [5.41, 5.74) is 1.64. The Hall–Kier alpha value is -1.56. The number of fused-ring (bicyclic) bond motifs is 3. The van der Waals surface area contributed by atoms with Gasteiger partial charge >= 0.3 is 5.97 Å². The summed E-state index contributed by atoms with van der Waals surface area (Å²) in [5.74, 6) is -0.924. The first-order valence-electron chi connectivity index (χ1n) is 5.01. The molecule has 0 saturated carbocycles. The van der Waals surface area contributed by atoms with E-state index >= 15 is 0 Å². The zero-order valence-electron chi connectivity index (χ0n) is 8.61. The van der Waals surface area contributed by atoms with E-state index in [2.05, 4.69) is 0 Å². The lowest BCUT2D eigenvalue weighted by molar-refractivity contribution is 0.0698. The van der Waals surface area contributed by atoms with Gasteiger partial charge in [-0.1, -0.05) is 18.2 Å². The Morgan fingerprint density at radius 3 is 2.65 bits per heavy atom. The number of rotatable bonds is 1. The number of hydrogen-bond acceptors (Lipinski definition) is 2. The summed E-state index contributed by atoms with van der Waals surface area (Å²) in [4.78, 5) is 11.3. The fraction of sp³-hybridized carbons (Fsp3) is 0. The zero-order chi connectivity index (χ0) is 12.0. The van der Waals surface area contributed by atoms with Gasteiger partial charge in [0.05, 0.1) is 5.56 Å². The minimum absolute atomic E-state index is 0.313. The van der Waals surface area contributed by atoms with Gasteiger partial charge in [-0.3, -0.25) is 0 Å². The van der Waals surface area contributed by atoms with E-state index in [1.807, 2.05) is 52.9 Å². The molecule has 17 heavy (non-hydrogen) atoms. The molecule has 84 valence electrons. The lowest BCUT2D eigenvalue weighted by Crippen LogP contribution is -1.99. The molecule has 0 radical (unpaired) electrons. The standard InChI is InChI=1S/C13H7IO3/c14-8-5-6-10-11(12(8)13(15)16)7-3-1-2-4-9(7)17-10/h1-6H,(H,15,16). The molecular weight excluding hydrogens is 331 g/mol. The molecule has 1 heterocycles. The Kier molecular flexibility index (Phi) is 2.32. The third-order valence-electron chi connectivity index (χ3n) is 2.71. The van der Waals surface area contributed by atoms with Gasteiger partial charge in [0.15, 0.2) is 0 Å². The van der Waals surface area contributed by atoms with Crippen molar-refractivity contribution in [3.8, 4) is 0 Å². The summed E-state index contributed by atoms with van der Waals surface area (Å²) in [6, 6.07) is 11.0. The molecule has 2 aromatic carbocycles. The van der Waals surface area contributed by atoms with Crippen molar-refractivity contribution in [1.29, 1.82) is 0 Å². The van der Waals surface area contributed by atoms with Crippen LogP contribution in [0.2, 0.25) is 0 Å². The monoisotopic (exact) mass is 338 g/mol. The molecule has 0 atom stereocenters. The van der Waals surface area contributed by atoms with Gasteiger partial charge in [0, 0.05) is 14.3 Å². The Morgan fingerprint density at radius 2 is 1.88 bits per heavy atom. The molecule has 3 rings (SSSR count). The summed E-state index contributed by atoms with van der Waals surface area (Å²) >= 11 is 2.03. The molecule has 0 aliphatic rings. The first kappa shape index (κ1) is 10.6. The van der Waals surface area contributed by atoms with Gasteiger partial charge in [-0.05, 0) is 40.8 Å². The molecule has 0 amide bonds. The molecule has 3 nitrogen and oxygen atoms in total. The highest BCUT2D eigenvalue weighted by Gasteiger charge is 2.18. The molecule has 3 aromatic rings. The summed E-state index contributed by atoms with van der Waals surface area (Å²) in [5, 5.41) is 10.8. The number of hydrogen-bond donors (Lipinski definition) is 1. The van der Waals surface area contributed by atoms with Gasteiger partial charge < -0.3 is 9.52 Å². The first-order valence-corrected chi connectivity index (χ1v) is 6.09. The average Bonchev–Trinajstić information content (AvgIpc) is 2.67. The highest BCUT2D eigenvalue weighted by molar-refractivity contribution is 14.1. The van der Waals surface area contributed by atoms with Crippen molar-refractivity contribution in [2.45, 2.75) is 0 Å². The van der Waals surface area contributed by atoms with E-state index in [-0.39, 0.29) is 0 Å². The second-order valence-corrected chi connectivity index (χ2v) is 4.86. The molecule has 0 saturated heterocycles. The Balaban J connectivity index is 2.60. The first-order chi connectivity index (χ1) is 8.18. The Bertz CT molecular complexity index is 743. The van der Waals surface area contributed by atoms with E-state index < -0.39 is 5.97 Å². The smallest absolute Gasteiger partial charge is 0.337 e. The van der Waals surface area contributed by atoms with Crippen LogP contribution in [0.25, 0.3) is 21.9 Å². The van der Waals surface area contributed by atoms with Crippen LogP contribution in [-0.4, -0.2) is 11.1 Å². The second kappa shape index (κ2) is 3.73. The van der Waals surface area contributed by atoms with Crippen molar-refractivity contribution in [1.82, 2.24) is 0 Å². The molecule has 0 aliphatic heterocycles. The fourth-order valence-electron chi connectivity index (χ4n) is 2.00. The van der Waals surface area contributed by atoms with Crippen molar-refractivity contribution < 1.29 is 14.3 Å². The normalized spacial score (nSPS) is 11.1. The summed E-state index contributed by atoms with van der Waals surface area (Å²) in [6.45, 7) is 0. The van der Waals surface area contributed by atoms with Crippen LogP contribution in [0, 0.1) is 3.57 Å². The van der Waals surface area contributed by atoms with Crippen molar-refractivity contribution in [2.75, 3.05) is 0 Å². The predicted molar refractivity (Wildman–Crippen MR) is 73.4 cm³/mol. The van der Waals surface area contributed by atoms with Crippen LogP contribution in [0.1, 0.15) is 10.4 Å². The van der Waals surface area contributed by atoms with Crippen LogP contribution in [0.3, 0.4) is 0 Å². The van der Waals surface area contributed by atoms with E-state index in [1.54, 1.807) is 6.07 Å². The van der Waals surface area contributed by atoms with Crippen LogP contribution in [0.15, 0.2) is 40.8 Å². The number of aromatic carboxylic acids is 1. The van der Waals surface area contributed by atoms with Gasteiger partial charge in [0.1, 0.15) is 11.2 Å². The van der Waals surface area contributed by atoms with Crippen LogP contribution < -0.4 is 0 Å². The van der Waals surface area contributed by atoms with E-state index in [9.17, 15) is 9.90 Å². The largest absolute Gasteiger partial charge is 0.478 e. The SMILES string of the molecule is O=C(O)c1c(I)ccc2oc3ccccc3c12. The van der Waals surface area contributed by atoms with Crippen LogP contribution >= 0.6 is 22.6 Å². The zero-order valence-corrected chi connectivity index (χ0v) is 10.8. The second-order valence-electron chi connectivity index (χ2n) is 3.70. The molecule has 0 unspecified atom stereocenters. The van der Waals surface area contributed by atoms with Gasteiger partial charge in [0.25, 0.3) is 0 Å².